The predicted molar refractivity (Wildman–Crippen MR) is 72.7 cm³/mol. The normalized spacial score (nSPS) is 23.8. The van der Waals surface area contributed by atoms with Gasteiger partial charge in [0.25, 0.3) is 5.91 Å². The minimum atomic E-state index is 0.0480. The standard InChI is InChI=1S/C14H21N3O/c1-10-6-4-7-11(2)17(10)14(18)12-8-5-9-13(15-3)16-12/h5,8-11H,4,6-7H2,1-3H3,(H,15,16). The van der Waals surface area contributed by atoms with Crippen LogP contribution < -0.4 is 5.32 Å². The summed E-state index contributed by atoms with van der Waals surface area (Å²) in [6.07, 6.45) is 3.37. The number of nitrogens with zero attached hydrogens (tertiary/aromatic N) is 2. The van der Waals surface area contributed by atoms with Crippen LogP contribution in [0.2, 0.25) is 0 Å². The second-order valence-corrected chi connectivity index (χ2v) is 5.00. The molecule has 2 heterocycles. The predicted octanol–water partition coefficient (Wildman–Crippen LogP) is 2.53. The Bertz CT molecular complexity index is 423. The van der Waals surface area contributed by atoms with Gasteiger partial charge in [0.05, 0.1) is 0 Å². The monoisotopic (exact) mass is 247 g/mol. The fourth-order valence-corrected chi connectivity index (χ4v) is 2.65. The van der Waals surface area contributed by atoms with Crippen molar-refractivity contribution in [1.29, 1.82) is 0 Å². The third-order valence-electron chi connectivity index (χ3n) is 3.65. The molecular formula is C14H21N3O. The molecule has 4 nitrogen and oxygen atoms in total. The molecule has 0 saturated carbocycles. The SMILES string of the molecule is CNc1cccc(C(=O)N2C(C)CCCC2C)n1. The molecule has 1 amide bonds. The number of likely N-dealkylation sites (tertiary alicyclic amines) is 1. The summed E-state index contributed by atoms with van der Waals surface area (Å²) >= 11 is 0. The first-order chi connectivity index (χ1) is 8.63. The highest BCUT2D eigenvalue weighted by atomic mass is 16.2. The fourth-order valence-electron chi connectivity index (χ4n) is 2.65. The van der Waals surface area contributed by atoms with Crippen LogP contribution in [0.4, 0.5) is 5.82 Å². The van der Waals surface area contributed by atoms with Gasteiger partial charge in [0.2, 0.25) is 0 Å². The minimum Gasteiger partial charge on any atom is -0.373 e. The highest BCUT2D eigenvalue weighted by Gasteiger charge is 2.30. The summed E-state index contributed by atoms with van der Waals surface area (Å²) in [5.41, 5.74) is 0.530. The Morgan fingerprint density at radius 2 is 2.00 bits per heavy atom. The zero-order valence-corrected chi connectivity index (χ0v) is 11.3. The van der Waals surface area contributed by atoms with Crippen LogP contribution in [-0.2, 0) is 0 Å². The van der Waals surface area contributed by atoms with Crippen molar-refractivity contribution < 1.29 is 4.79 Å². The highest BCUT2D eigenvalue weighted by Crippen LogP contribution is 2.24. The smallest absolute Gasteiger partial charge is 0.273 e. The molecule has 0 bridgehead atoms. The molecular weight excluding hydrogens is 226 g/mol. The number of carbonyl (C=O) groups is 1. The van der Waals surface area contributed by atoms with Crippen LogP contribution in [0.1, 0.15) is 43.6 Å². The zero-order valence-electron chi connectivity index (χ0n) is 11.3. The van der Waals surface area contributed by atoms with Gasteiger partial charge in [-0.2, -0.15) is 0 Å². The molecule has 1 saturated heterocycles. The lowest BCUT2D eigenvalue weighted by atomic mass is 9.97. The summed E-state index contributed by atoms with van der Waals surface area (Å²) in [4.78, 5) is 18.8. The van der Waals surface area contributed by atoms with Crippen LogP contribution in [0.15, 0.2) is 18.2 Å². The van der Waals surface area contributed by atoms with Gasteiger partial charge in [-0.05, 0) is 45.2 Å². The number of hydrogen-bond donors (Lipinski definition) is 1. The van der Waals surface area contributed by atoms with E-state index in [0.29, 0.717) is 17.8 Å². The number of amides is 1. The Hall–Kier alpha value is -1.58. The van der Waals surface area contributed by atoms with Crippen molar-refractivity contribution in [3.63, 3.8) is 0 Å². The van der Waals surface area contributed by atoms with Gasteiger partial charge in [0.15, 0.2) is 0 Å². The number of aromatic nitrogens is 1. The topological polar surface area (TPSA) is 45.2 Å². The first-order valence-corrected chi connectivity index (χ1v) is 6.61. The molecule has 2 rings (SSSR count). The molecule has 18 heavy (non-hydrogen) atoms. The molecule has 0 aliphatic carbocycles. The highest BCUT2D eigenvalue weighted by molar-refractivity contribution is 5.93. The van der Waals surface area contributed by atoms with Crippen molar-refractivity contribution in [2.75, 3.05) is 12.4 Å². The number of rotatable bonds is 2. The van der Waals surface area contributed by atoms with E-state index in [9.17, 15) is 4.79 Å². The number of pyridine rings is 1. The van der Waals surface area contributed by atoms with Gasteiger partial charge in [-0.25, -0.2) is 4.98 Å². The maximum Gasteiger partial charge on any atom is 0.273 e. The van der Waals surface area contributed by atoms with Gasteiger partial charge >= 0.3 is 0 Å². The molecule has 1 fully saturated rings. The maximum atomic E-state index is 12.5. The molecule has 0 radical (unpaired) electrons. The van der Waals surface area contributed by atoms with E-state index in [1.54, 1.807) is 6.07 Å². The van der Waals surface area contributed by atoms with E-state index < -0.39 is 0 Å². The van der Waals surface area contributed by atoms with Gasteiger partial charge in [0, 0.05) is 19.1 Å². The van der Waals surface area contributed by atoms with E-state index in [-0.39, 0.29) is 5.91 Å². The van der Waals surface area contributed by atoms with Crippen molar-refractivity contribution in [1.82, 2.24) is 9.88 Å². The number of piperidine rings is 1. The van der Waals surface area contributed by atoms with Crippen LogP contribution in [0.25, 0.3) is 0 Å². The van der Waals surface area contributed by atoms with Crippen molar-refractivity contribution in [2.45, 2.75) is 45.2 Å². The number of nitrogens with one attached hydrogen (secondary N) is 1. The summed E-state index contributed by atoms with van der Waals surface area (Å²) in [7, 11) is 1.81. The third kappa shape index (κ3) is 2.47. The van der Waals surface area contributed by atoms with Crippen LogP contribution in [-0.4, -0.2) is 34.9 Å². The second kappa shape index (κ2) is 5.38. The number of hydrogen-bond acceptors (Lipinski definition) is 3. The molecule has 0 aromatic carbocycles. The zero-order chi connectivity index (χ0) is 13.1. The Morgan fingerprint density at radius 1 is 1.33 bits per heavy atom. The molecule has 1 aliphatic heterocycles. The van der Waals surface area contributed by atoms with E-state index in [0.717, 1.165) is 18.7 Å². The maximum absolute atomic E-state index is 12.5. The first kappa shape index (κ1) is 12.9. The lowest BCUT2D eigenvalue weighted by Gasteiger charge is -2.38. The summed E-state index contributed by atoms with van der Waals surface area (Å²) in [6.45, 7) is 4.24. The van der Waals surface area contributed by atoms with Crippen molar-refractivity contribution >= 4 is 11.7 Å². The summed E-state index contributed by atoms with van der Waals surface area (Å²) in [5.74, 6) is 0.782. The Labute approximate surface area is 108 Å². The average Bonchev–Trinajstić information content (AvgIpc) is 2.38. The van der Waals surface area contributed by atoms with Crippen molar-refractivity contribution in [2.24, 2.45) is 0 Å². The van der Waals surface area contributed by atoms with Crippen LogP contribution >= 0.6 is 0 Å². The minimum absolute atomic E-state index is 0.0480. The van der Waals surface area contributed by atoms with Crippen LogP contribution in [0, 0.1) is 0 Å². The Balaban J connectivity index is 2.23. The Kier molecular flexibility index (Phi) is 3.84. The molecule has 0 spiro atoms. The van der Waals surface area contributed by atoms with E-state index in [1.165, 1.54) is 6.42 Å². The molecule has 1 aromatic rings. The average molecular weight is 247 g/mol. The molecule has 2 atom stereocenters. The Morgan fingerprint density at radius 3 is 2.61 bits per heavy atom. The molecule has 1 aliphatic rings. The quantitative estimate of drug-likeness (QED) is 0.873. The van der Waals surface area contributed by atoms with Gasteiger partial charge in [-0.15, -0.1) is 0 Å². The molecule has 4 heteroatoms. The van der Waals surface area contributed by atoms with E-state index in [4.69, 9.17) is 0 Å². The van der Waals surface area contributed by atoms with Crippen LogP contribution in [0.5, 0.6) is 0 Å². The van der Waals surface area contributed by atoms with Gasteiger partial charge in [-0.3, -0.25) is 4.79 Å². The first-order valence-electron chi connectivity index (χ1n) is 6.61. The van der Waals surface area contributed by atoms with E-state index in [2.05, 4.69) is 24.1 Å². The number of carbonyl (C=O) groups excluding carboxylic acids is 1. The van der Waals surface area contributed by atoms with Crippen molar-refractivity contribution in [3.8, 4) is 0 Å². The molecule has 1 N–H and O–H groups in total. The summed E-state index contributed by atoms with van der Waals surface area (Å²) < 4.78 is 0. The van der Waals surface area contributed by atoms with Gasteiger partial charge in [0.1, 0.15) is 11.5 Å². The largest absolute Gasteiger partial charge is 0.373 e. The second-order valence-electron chi connectivity index (χ2n) is 5.00. The molecule has 98 valence electrons. The van der Waals surface area contributed by atoms with Crippen LogP contribution in [0.3, 0.4) is 0 Å². The van der Waals surface area contributed by atoms with E-state index >= 15 is 0 Å². The summed E-state index contributed by atoms with van der Waals surface area (Å²) in [5, 5.41) is 2.97. The number of anilines is 1. The van der Waals surface area contributed by atoms with Gasteiger partial charge < -0.3 is 10.2 Å². The van der Waals surface area contributed by atoms with Crippen molar-refractivity contribution in [3.05, 3.63) is 23.9 Å². The third-order valence-corrected chi connectivity index (χ3v) is 3.65. The lowest BCUT2D eigenvalue weighted by molar-refractivity contribution is 0.0505. The summed E-state index contributed by atoms with van der Waals surface area (Å²) in [6, 6.07) is 6.13. The fraction of sp³-hybridized carbons (Fsp3) is 0.571. The van der Waals surface area contributed by atoms with Gasteiger partial charge in [-0.1, -0.05) is 6.07 Å². The van der Waals surface area contributed by atoms with E-state index in [1.807, 2.05) is 24.1 Å². The molecule has 2 unspecified atom stereocenters. The molecule has 1 aromatic heterocycles. The lowest BCUT2D eigenvalue weighted by Crippen LogP contribution is -2.47.